The molecule has 2 heterocycles. The first kappa shape index (κ1) is 19.4. The van der Waals surface area contributed by atoms with E-state index in [1.165, 1.54) is 11.8 Å². The molecule has 2 aromatic heterocycles. The van der Waals surface area contributed by atoms with Crippen molar-refractivity contribution in [3.05, 3.63) is 41.8 Å². The van der Waals surface area contributed by atoms with Crippen molar-refractivity contribution in [2.45, 2.75) is 37.2 Å². The van der Waals surface area contributed by atoms with Gasteiger partial charge in [0.2, 0.25) is 5.91 Å². The van der Waals surface area contributed by atoms with Crippen LogP contribution in [0.15, 0.2) is 46.9 Å². The van der Waals surface area contributed by atoms with E-state index in [0.29, 0.717) is 5.16 Å². The molecule has 142 valence electrons. The topological polar surface area (TPSA) is 69.0 Å². The van der Waals surface area contributed by atoms with Gasteiger partial charge < -0.3 is 10.1 Å². The third-order valence-corrected chi connectivity index (χ3v) is 5.69. The summed E-state index contributed by atoms with van der Waals surface area (Å²) in [6.45, 7) is 5.76. The minimum Gasteiger partial charge on any atom is -0.495 e. The normalized spacial score (nSPS) is 12.2. The van der Waals surface area contributed by atoms with Crippen LogP contribution in [0.25, 0.3) is 16.4 Å². The number of nitrogens with zero attached hydrogens (tertiary/aromatic N) is 3. The Kier molecular flexibility index (Phi) is 6.18. The van der Waals surface area contributed by atoms with Gasteiger partial charge in [-0.2, -0.15) is 0 Å². The van der Waals surface area contributed by atoms with Gasteiger partial charge in [0.1, 0.15) is 5.75 Å². The van der Waals surface area contributed by atoms with E-state index in [9.17, 15) is 4.79 Å². The number of hydrogen-bond acceptors (Lipinski definition) is 6. The Morgan fingerprint density at radius 3 is 2.63 bits per heavy atom. The van der Waals surface area contributed by atoms with Crippen LogP contribution in [0.1, 0.15) is 20.8 Å². The minimum absolute atomic E-state index is 0.0257. The number of thioether (sulfide) groups is 1. The van der Waals surface area contributed by atoms with Crippen molar-refractivity contribution >= 4 is 29.0 Å². The predicted molar refractivity (Wildman–Crippen MR) is 110 cm³/mol. The first-order valence-corrected chi connectivity index (χ1v) is 10.4. The summed E-state index contributed by atoms with van der Waals surface area (Å²) in [6, 6.07) is 11.8. The summed E-state index contributed by atoms with van der Waals surface area (Å²) in [5.74, 6) is 1.42. The molecule has 8 heteroatoms. The summed E-state index contributed by atoms with van der Waals surface area (Å²) in [5, 5.41) is 14.1. The van der Waals surface area contributed by atoms with Crippen LogP contribution in [-0.4, -0.2) is 39.1 Å². The second kappa shape index (κ2) is 8.58. The lowest BCUT2D eigenvalue weighted by Gasteiger charge is -2.16. The molecule has 3 rings (SSSR count). The molecular weight excluding hydrogens is 380 g/mol. The molecule has 0 fully saturated rings. The number of nitrogens with one attached hydrogen (secondary N) is 1. The molecule has 0 saturated carbocycles. The molecule has 0 aliphatic heterocycles. The smallest absolute Gasteiger partial charge is 0.233 e. The highest BCUT2D eigenvalue weighted by Gasteiger charge is 2.23. The Morgan fingerprint density at radius 1 is 1.19 bits per heavy atom. The SMILES string of the molecule is COc1ccccc1-n1c(SC(C)C(=O)NC(C)C)nnc1-c1cccs1. The maximum Gasteiger partial charge on any atom is 0.233 e. The number of amides is 1. The van der Waals surface area contributed by atoms with Crippen LogP contribution in [0.5, 0.6) is 5.75 Å². The molecule has 1 atom stereocenters. The molecule has 1 N–H and O–H groups in total. The zero-order valence-electron chi connectivity index (χ0n) is 15.7. The fourth-order valence-electron chi connectivity index (χ4n) is 2.56. The van der Waals surface area contributed by atoms with Crippen LogP contribution in [0.2, 0.25) is 0 Å². The van der Waals surface area contributed by atoms with E-state index < -0.39 is 0 Å². The number of aromatic nitrogens is 3. The van der Waals surface area contributed by atoms with E-state index in [1.807, 2.05) is 67.1 Å². The third-order valence-electron chi connectivity index (χ3n) is 3.78. The van der Waals surface area contributed by atoms with E-state index in [-0.39, 0.29) is 17.2 Å². The Hall–Kier alpha value is -2.32. The lowest BCUT2D eigenvalue weighted by molar-refractivity contribution is -0.120. The van der Waals surface area contributed by atoms with Crippen molar-refractivity contribution in [1.82, 2.24) is 20.1 Å². The molecule has 0 aliphatic carbocycles. The van der Waals surface area contributed by atoms with E-state index in [0.717, 1.165) is 22.1 Å². The molecule has 0 spiro atoms. The van der Waals surface area contributed by atoms with Crippen LogP contribution >= 0.6 is 23.1 Å². The average Bonchev–Trinajstić information content (AvgIpc) is 3.30. The van der Waals surface area contributed by atoms with E-state index in [2.05, 4.69) is 15.5 Å². The highest BCUT2D eigenvalue weighted by Crippen LogP contribution is 2.35. The monoisotopic (exact) mass is 402 g/mol. The molecule has 1 aromatic carbocycles. The van der Waals surface area contributed by atoms with Gasteiger partial charge in [-0.05, 0) is 44.4 Å². The fraction of sp³-hybridized carbons (Fsp3) is 0.316. The van der Waals surface area contributed by atoms with Crippen molar-refractivity contribution in [2.75, 3.05) is 7.11 Å². The number of carbonyl (C=O) groups excluding carboxylic acids is 1. The van der Waals surface area contributed by atoms with Gasteiger partial charge in [0.05, 0.1) is 22.9 Å². The molecule has 0 saturated heterocycles. The standard InChI is InChI=1S/C19H22N4O2S2/c1-12(2)20-18(24)13(3)27-19-22-21-17(16-10-7-11-26-16)23(19)14-8-5-6-9-15(14)25-4/h5-13H,1-4H3,(H,20,24). The summed E-state index contributed by atoms with van der Waals surface area (Å²) in [5.41, 5.74) is 0.840. The quantitative estimate of drug-likeness (QED) is 0.605. The average molecular weight is 403 g/mol. The van der Waals surface area contributed by atoms with E-state index >= 15 is 0 Å². The lowest BCUT2D eigenvalue weighted by Crippen LogP contribution is -2.36. The number of ether oxygens (including phenoxy) is 1. The third kappa shape index (κ3) is 4.33. The zero-order valence-corrected chi connectivity index (χ0v) is 17.3. The molecule has 0 aliphatic rings. The van der Waals surface area contributed by atoms with Gasteiger partial charge in [-0.25, -0.2) is 0 Å². The molecule has 6 nitrogen and oxygen atoms in total. The van der Waals surface area contributed by atoms with Gasteiger partial charge in [-0.1, -0.05) is 30.0 Å². The molecule has 3 aromatic rings. The molecule has 1 unspecified atom stereocenters. The summed E-state index contributed by atoms with van der Waals surface area (Å²) >= 11 is 2.97. The number of methoxy groups -OCH3 is 1. The van der Waals surface area contributed by atoms with Gasteiger partial charge >= 0.3 is 0 Å². The molecule has 0 radical (unpaired) electrons. The highest BCUT2D eigenvalue weighted by molar-refractivity contribution is 8.00. The maximum atomic E-state index is 12.4. The summed E-state index contributed by atoms with van der Waals surface area (Å²) in [7, 11) is 1.64. The molecule has 0 bridgehead atoms. The Labute approximate surface area is 167 Å². The summed E-state index contributed by atoms with van der Waals surface area (Å²) < 4.78 is 7.49. The van der Waals surface area contributed by atoms with Crippen LogP contribution in [0.4, 0.5) is 0 Å². The second-order valence-electron chi connectivity index (χ2n) is 6.21. The number of thiophene rings is 1. The van der Waals surface area contributed by atoms with Gasteiger partial charge in [0.25, 0.3) is 0 Å². The van der Waals surface area contributed by atoms with E-state index in [1.54, 1.807) is 18.4 Å². The van der Waals surface area contributed by atoms with Gasteiger partial charge in [-0.3, -0.25) is 9.36 Å². The van der Waals surface area contributed by atoms with Gasteiger partial charge in [0, 0.05) is 6.04 Å². The number of para-hydroxylation sites is 2. The van der Waals surface area contributed by atoms with Crippen molar-refractivity contribution in [3.63, 3.8) is 0 Å². The molecular formula is C19H22N4O2S2. The Bertz CT molecular complexity index is 906. The molecule has 27 heavy (non-hydrogen) atoms. The van der Waals surface area contributed by atoms with Gasteiger partial charge in [-0.15, -0.1) is 21.5 Å². The van der Waals surface area contributed by atoms with Crippen molar-refractivity contribution in [2.24, 2.45) is 0 Å². The lowest BCUT2D eigenvalue weighted by atomic mass is 10.3. The Balaban J connectivity index is 2.04. The maximum absolute atomic E-state index is 12.4. The van der Waals surface area contributed by atoms with Crippen LogP contribution < -0.4 is 10.1 Å². The van der Waals surface area contributed by atoms with Gasteiger partial charge in [0.15, 0.2) is 11.0 Å². The minimum atomic E-state index is -0.304. The van der Waals surface area contributed by atoms with Crippen LogP contribution in [-0.2, 0) is 4.79 Å². The zero-order chi connectivity index (χ0) is 19.4. The summed E-state index contributed by atoms with van der Waals surface area (Å²) in [4.78, 5) is 13.4. The largest absolute Gasteiger partial charge is 0.495 e. The summed E-state index contributed by atoms with van der Waals surface area (Å²) in [6.07, 6.45) is 0. The Morgan fingerprint density at radius 2 is 1.96 bits per heavy atom. The van der Waals surface area contributed by atoms with Crippen molar-refractivity contribution in [1.29, 1.82) is 0 Å². The van der Waals surface area contributed by atoms with Crippen LogP contribution in [0.3, 0.4) is 0 Å². The number of benzene rings is 1. The van der Waals surface area contributed by atoms with Crippen LogP contribution in [0, 0.1) is 0 Å². The number of carbonyl (C=O) groups is 1. The second-order valence-corrected chi connectivity index (χ2v) is 8.47. The van der Waals surface area contributed by atoms with Crippen molar-refractivity contribution < 1.29 is 9.53 Å². The fourth-order valence-corrected chi connectivity index (χ4v) is 4.12. The van der Waals surface area contributed by atoms with E-state index in [4.69, 9.17) is 4.74 Å². The van der Waals surface area contributed by atoms with Crippen molar-refractivity contribution in [3.8, 4) is 22.1 Å². The first-order chi connectivity index (χ1) is 13.0. The predicted octanol–water partition coefficient (Wildman–Crippen LogP) is 4.01. The first-order valence-electron chi connectivity index (χ1n) is 8.61. The number of rotatable bonds is 7. The molecule has 1 amide bonds. The highest BCUT2D eigenvalue weighted by atomic mass is 32.2. The number of hydrogen-bond donors (Lipinski definition) is 1.